The van der Waals surface area contributed by atoms with Gasteiger partial charge in [-0.1, -0.05) is 48.9 Å². The molecule has 2 aromatic rings. The maximum Gasteiger partial charge on any atom is 0.269 e. The molecule has 1 unspecified atom stereocenters. The number of carbonyl (C=O) groups is 3. The zero-order chi connectivity index (χ0) is 23.5. The maximum atomic E-state index is 13.2. The van der Waals surface area contributed by atoms with Crippen LogP contribution in [0, 0.1) is 6.92 Å². The Labute approximate surface area is 188 Å². The van der Waals surface area contributed by atoms with Gasteiger partial charge in [-0.2, -0.15) is 0 Å². The van der Waals surface area contributed by atoms with Crippen LogP contribution >= 0.6 is 0 Å². The van der Waals surface area contributed by atoms with Crippen LogP contribution in [0.1, 0.15) is 41.3 Å². The third kappa shape index (κ3) is 4.52. The molecule has 0 fully saturated rings. The van der Waals surface area contributed by atoms with Gasteiger partial charge in [-0.3, -0.25) is 14.4 Å². The summed E-state index contributed by atoms with van der Waals surface area (Å²) < 4.78 is 26.3. The SMILES string of the molecule is CCC(C(=O)NC)N(Cc1ccc(C)cc1)C(=O)CCN1C(=O)c2ccccc2S1(=O)=O. The van der Waals surface area contributed by atoms with Gasteiger partial charge in [-0.25, -0.2) is 12.7 Å². The first kappa shape index (κ1) is 23.5. The van der Waals surface area contributed by atoms with Gasteiger partial charge in [-0.05, 0) is 31.0 Å². The molecule has 1 atom stereocenters. The van der Waals surface area contributed by atoms with Crippen molar-refractivity contribution in [2.45, 2.75) is 44.2 Å². The number of fused-ring (bicyclic) bond motifs is 1. The van der Waals surface area contributed by atoms with Crippen LogP contribution in [0.5, 0.6) is 0 Å². The molecule has 0 bridgehead atoms. The van der Waals surface area contributed by atoms with Gasteiger partial charge in [0.05, 0.1) is 5.56 Å². The predicted molar refractivity (Wildman–Crippen MR) is 119 cm³/mol. The second-order valence-corrected chi connectivity index (χ2v) is 9.50. The van der Waals surface area contributed by atoms with E-state index in [-0.39, 0.29) is 35.9 Å². The van der Waals surface area contributed by atoms with Gasteiger partial charge in [0.25, 0.3) is 15.9 Å². The lowest BCUT2D eigenvalue weighted by Gasteiger charge is -2.30. The molecule has 1 heterocycles. The molecule has 1 aliphatic heterocycles. The average Bonchev–Trinajstić information content (AvgIpc) is 2.98. The Hall–Kier alpha value is -3.20. The normalized spacial score (nSPS) is 15.2. The highest BCUT2D eigenvalue weighted by Gasteiger charge is 2.41. The number of aryl methyl sites for hydroxylation is 1. The van der Waals surface area contributed by atoms with E-state index in [1.165, 1.54) is 24.1 Å². The Bertz CT molecular complexity index is 1130. The minimum atomic E-state index is -3.99. The number of hydrogen-bond donors (Lipinski definition) is 1. The minimum absolute atomic E-state index is 0.0502. The lowest BCUT2D eigenvalue weighted by atomic mass is 10.1. The average molecular weight is 458 g/mol. The molecular weight excluding hydrogens is 430 g/mol. The molecule has 0 radical (unpaired) electrons. The summed E-state index contributed by atoms with van der Waals surface area (Å²) in [5.41, 5.74) is 2.03. The summed E-state index contributed by atoms with van der Waals surface area (Å²) in [5, 5.41) is 2.58. The van der Waals surface area contributed by atoms with Gasteiger partial charge in [0.15, 0.2) is 0 Å². The summed E-state index contributed by atoms with van der Waals surface area (Å²) in [6, 6.07) is 12.9. The topological polar surface area (TPSA) is 104 Å². The van der Waals surface area contributed by atoms with Crippen LogP contribution in [0.15, 0.2) is 53.4 Å². The molecule has 2 aromatic carbocycles. The second-order valence-electron chi connectivity index (χ2n) is 7.67. The summed E-state index contributed by atoms with van der Waals surface area (Å²) in [4.78, 5) is 39.6. The fourth-order valence-electron chi connectivity index (χ4n) is 3.77. The predicted octanol–water partition coefficient (Wildman–Crippen LogP) is 2.08. The molecule has 3 amide bonds. The quantitative estimate of drug-likeness (QED) is 0.654. The number of sulfonamides is 1. The first-order chi connectivity index (χ1) is 15.2. The largest absolute Gasteiger partial charge is 0.357 e. The molecule has 0 spiro atoms. The van der Waals surface area contributed by atoms with E-state index < -0.39 is 27.9 Å². The Morgan fingerprint density at radius 2 is 1.75 bits per heavy atom. The number of likely N-dealkylation sites (N-methyl/N-ethyl adjacent to an activating group) is 1. The lowest BCUT2D eigenvalue weighted by Crippen LogP contribution is -2.49. The van der Waals surface area contributed by atoms with E-state index >= 15 is 0 Å². The highest BCUT2D eigenvalue weighted by molar-refractivity contribution is 7.90. The fourth-order valence-corrected chi connectivity index (χ4v) is 5.34. The van der Waals surface area contributed by atoms with Crippen molar-refractivity contribution in [1.29, 1.82) is 0 Å². The van der Waals surface area contributed by atoms with Crippen molar-refractivity contribution in [2.75, 3.05) is 13.6 Å². The van der Waals surface area contributed by atoms with Crippen LogP contribution in [0.3, 0.4) is 0 Å². The van der Waals surface area contributed by atoms with E-state index in [0.29, 0.717) is 6.42 Å². The van der Waals surface area contributed by atoms with Crippen molar-refractivity contribution in [3.05, 3.63) is 65.2 Å². The minimum Gasteiger partial charge on any atom is -0.357 e. The number of carbonyl (C=O) groups excluding carboxylic acids is 3. The number of nitrogens with zero attached hydrogens (tertiary/aromatic N) is 2. The number of benzene rings is 2. The van der Waals surface area contributed by atoms with Gasteiger partial charge >= 0.3 is 0 Å². The first-order valence-corrected chi connectivity index (χ1v) is 11.9. The van der Waals surface area contributed by atoms with Crippen LogP contribution in [0.25, 0.3) is 0 Å². The Balaban J connectivity index is 1.81. The molecule has 0 aliphatic carbocycles. The number of hydrogen-bond acceptors (Lipinski definition) is 5. The molecule has 0 saturated carbocycles. The molecular formula is C23H27N3O5S. The van der Waals surface area contributed by atoms with E-state index in [9.17, 15) is 22.8 Å². The molecule has 1 aliphatic rings. The van der Waals surface area contributed by atoms with Gasteiger partial charge in [0.2, 0.25) is 11.8 Å². The van der Waals surface area contributed by atoms with Crippen LogP contribution < -0.4 is 5.32 Å². The molecule has 8 nitrogen and oxygen atoms in total. The van der Waals surface area contributed by atoms with Crippen LogP contribution in [0.4, 0.5) is 0 Å². The van der Waals surface area contributed by atoms with Crippen molar-refractivity contribution >= 4 is 27.7 Å². The van der Waals surface area contributed by atoms with Crippen molar-refractivity contribution in [3.8, 4) is 0 Å². The summed E-state index contributed by atoms with van der Waals surface area (Å²) in [6.45, 7) is 3.67. The number of nitrogens with one attached hydrogen (secondary N) is 1. The van der Waals surface area contributed by atoms with E-state index in [1.807, 2.05) is 31.2 Å². The molecule has 1 N–H and O–H groups in total. The molecule has 0 aromatic heterocycles. The third-order valence-corrected chi connectivity index (χ3v) is 7.39. The number of amides is 3. The Morgan fingerprint density at radius 1 is 1.09 bits per heavy atom. The van der Waals surface area contributed by atoms with Crippen molar-refractivity contribution in [2.24, 2.45) is 0 Å². The van der Waals surface area contributed by atoms with Crippen molar-refractivity contribution in [3.63, 3.8) is 0 Å². The summed E-state index contributed by atoms with van der Waals surface area (Å²) in [6.07, 6.45) is 0.169. The van der Waals surface area contributed by atoms with Gasteiger partial charge in [0, 0.05) is 26.6 Å². The molecule has 3 rings (SSSR count). The maximum absolute atomic E-state index is 13.2. The number of rotatable bonds is 8. The van der Waals surface area contributed by atoms with E-state index in [4.69, 9.17) is 0 Å². The molecule has 170 valence electrons. The smallest absolute Gasteiger partial charge is 0.269 e. The summed E-state index contributed by atoms with van der Waals surface area (Å²) >= 11 is 0. The monoisotopic (exact) mass is 457 g/mol. The lowest BCUT2D eigenvalue weighted by molar-refractivity contribution is -0.141. The Kier molecular flexibility index (Phi) is 6.98. The van der Waals surface area contributed by atoms with Crippen LogP contribution in [0.2, 0.25) is 0 Å². The van der Waals surface area contributed by atoms with Gasteiger partial charge in [-0.15, -0.1) is 0 Å². The summed E-state index contributed by atoms with van der Waals surface area (Å²) in [5.74, 6) is -1.35. The van der Waals surface area contributed by atoms with E-state index in [1.54, 1.807) is 19.1 Å². The zero-order valence-electron chi connectivity index (χ0n) is 18.4. The highest BCUT2D eigenvalue weighted by Crippen LogP contribution is 2.30. The fraction of sp³-hybridized carbons (Fsp3) is 0.348. The van der Waals surface area contributed by atoms with Crippen LogP contribution in [-0.4, -0.2) is 55.0 Å². The van der Waals surface area contributed by atoms with Gasteiger partial charge in [0.1, 0.15) is 10.9 Å². The van der Waals surface area contributed by atoms with E-state index in [0.717, 1.165) is 15.4 Å². The Morgan fingerprint density at radius 3 is 2.34 bits per heavy atom. The standard InChI is InChI=1S/C23H27N3O5S/c1-4-19(22(28)24-3)25(15-17-11-9-16(2)10-12-17)21(27)13-14-26-23(29)18-7-5-6-8-20(18)32(26,30)31/h5-12,19H,4,13-15H2,1-3H3,(H,24,28). The van der Waals surface area contributed by atoms with Crippen LogP contribution in [-0.2, 0) is 26.2 Å². The van der Waals surface area contributed by atoms with Crippen molar-refractivity contribution < 1.29 is 22.8 Å². The summed E-state index contributed by atoms with van der Waals surface area (Å²) in [7, 11) is -2.49. The second kappa shape index (κ2) is 9.52. The molecule has 0 saturated heterocycles. The van der Waals surface area contributed by atoms with E-state index in [2.05, 4.69) is 5.32 Å². The molecule has 32 heavy (non-hydrogen) atoms. The van der Waals surface area contributed by atoms with Crippen molar-refractivity contribution in [1.82, 2.24) is 14.5 Å². The highest BCUT2D eigenvalue weighted by atomic mass is 32.2. The first-order valence-electron chi connectivity index (χ1n) is 10.4. The third-order valence-electron chi connectivity index (χ3n) is 5.55. The zero-order valence-corrected chi connectivity index (χ0v) is 19.2. The molecule has 9 heteroatoms. The van der Waals surface area contributed by atoms with Gasteiger partial charge < -0.3 is 10.2 Å².